The zero-order valence-corrected chi connectivity index (χ0v) is 13.8. The number of H-pyrrole nitrogens is 1. The van der Waals surface area contributed by atoms with Crippen molar-refractivity contribution in [1.82, 2.24) is 10.3 Å². The Kier molecular flexibility index (Phi) is 5.01. The number of aromatic amines is 1. The number of anilines is 1. The number of halogens is 2. The van der Waals surface area contributed by atoms with Gasteiger partial charge in [0.1, 0.15) is 0 Å². The Hall–Kier alpha value is -2.44. The molecule has 2 amide bonds. The standard InChI is InChI=1S/C18H21F2N3O2/c19-18(20)8-5-12(6-9-18)7-10-21-16(24)17(25)23-15-11-22-14-4-2-1-3-13(14)15/h1-4,11-12,22H,5-10H2,(H,21,24)(H,23,25). The van der Waals surface area contributed by atoms with Crippen molar-refractivity contribution in [2.75, 3.05) is 11.9 Å². The second-order valence-electron chi connectivity index (χ2n) is 6.55. The fourth-order valence-electron chi connectivity index (χ4n) is 3.21. The van der Waals surface area contributed by atoms with E-state index < -0.39 is 17.7 Å². The van der Waals surface area contributed by atoms with E-state index in [0.717, 1.165) is 10.9 Å². The second kappa shape index (κ2) is 7.21. The van der Waals surface area contributed by atoms with Crippen molar-refractivity contribution >= 4 is 28.4 Å². The molecule has 7 heteroatoms. The van der Waals surface area contributed by atoms with Crippen LogP contribution in [0.2, 0.25) is 0 Å². The Balaban J connectivity index is 1.44. The third kappa shape index (κ3) is 4.35. The molecule has 1 aromatic carbocycles. The first kappa shape index (κ1) is 17.4. The summed E-state index contributed by atoms with van der Waals surface area (Å²) in [4.78, 5) is 26.9. The molecule has 1 aliphatic rings. The van der Waals surface area contributed by atoms with Gasteiger partial charge in [0.05, 0.1) is 5.69 Å². The van der Waals surface area contributed by atoms with Gasteiger partial charge in [0, 0.05) is 36.5 Å². The summed E-state index contributed by atoms with van der Waals surface area (Å²) in [5, 5.41) is 5.97. The molecule has 3 N–H and O–H groups in total. The maximum Gasteiger partial charge on any atom is 0.313 e. The number of carbonyl (C=O) groups excluding carboxylic acids is 2. The minimum Gasteiger partial charge on any atom is -0.359 e. The molecule has 0 bridgehead atoms. The topological polar surface area (TPSA) is 74.0 Å². The van der Waals surface area contributed by atoms with Crippen LogP contribution >= 0.6 is 0 Å². The van der Waals surface area contributed by atoms with Crippen LogP contribution in [0.1, 0.15) is 32.1 Å². The van der Waals surface area contributed by atoms with Gasteiger partial charge in [-0.1, -0.05) is 18.2 Å². The summed E-state index contributed by atoms with van der Waals surface area (Å²) in [7, 11) is 0. The zero-order valence-electron chi connectivity index (χ0n) is 13.8. The first-order valence-electron chi connectivity index (χ1n) is 8.48. The third-order valence-electron chi connectivity index (χ3n) is 4.72. The molecule has 0 spiro atoms. The summed E-state index contributed by atoms with van der Waals surface area (Å²) in [6.45, 7) is 0.316. The quantitative estimate of drug-likeness (QED) is 0.740. The number of alkyl halides is 2. The molecule has 134 valence electrons. The highest BCUT2D eigenvalue weighted by Gasteiger charge is 2.34. The lowest BCUT2D eigenvalue weighted by Gasteiger charge is -2.28. The predicted molar refractivity (Wildman–Crippen MR) is 91.5 cm³/mol. The van der Waals surface area contributed by atoms with Crippen molar-refractivity contribution in [2.24, 2.45) is 5.92 Å². The molecule has 3 rings (SSSR count). The lowest BCUT2D eigenvalue weighted by molar-refractivity contribution is -0.136. The molecular formula is C18H21F2N3O2. The van der Waals surface area contributed by atoms with E-state index in [-0.39, 0.29) is 18.8 Å². The minimum atomic E-state index is -2.54. The largest absolute Gasteiger partial charge is 0.359 e. The van der Waals surface area contributed by atoms with E-state index >= 15 is 0 Å². The molecule has 2 aromatic rings. The summed E-state index contributed by atoms with van der Waals surface area (Å²) >= 11 is 0. The molecule has 25 heavy (non-hydrogen) atoms. The van der Waals surface area contributed by atoms with Crippen molar-refractivity contribution in [3.63, 3.8) is 0 Å². The first-order chi connectivity index (χ1) is 11.9. The van der Waals surface area contributed by atoms with E-state index in [1.807, 2.05) is 24.3 Å². The molecule has 5 nitrogen and oxygen atoms in total. The predicted octanol–water partition coefficient (Wildman–Crippen LogP) is 3.44. The number of benzene rings is 1. The van der Waals surface area contributed by atoms with Crippen LogP contribution < -0.4 is 10.6 Å². The molecule has 0 atom stereocenters. The molecule has 0 saturated heterocycles. The molecule has 0 unspecified atom stereocenters. The Labute approximate surface area is 144 Å². The number of nitrogens with one attached hydrogen (secondary N) is 3. The van der Waals surface area contributed by atoms with Crippen molar-refractivity contribution in [1.29, 1.82) is 0 Å². The van der Waals surface area contributed by atoms with Crippen LogP contribution in [0, 0.1) is 5.92 Å². The van der Waals surface area contributed by atoms with E-state index in [9.17, 15) is 18.4 Å². The minimum absolute atomic E-state index is 0.0906. The average molecular weight is 349 g/mol. The number of rotatable bonds is 4. The summed E-state index contributed by atoms with van der Waals surface area (Å²) in [5.41, 5.74) is 1.41. The van der Waals surface area contributed by atoms with E-state index in [4.69, 9.17) is 0 Å². The number of hydrogen-bond acceptors (Lipinski definition) is 2. The Morgan fingerprint density at radius 1 is 1.16 bits per heavy atom. The summed E-state index contributed by atoms with van der Waals surface area (Å²) in [6.07, 6.45) is 2.99. The van der Waals surface area contributed by atoms with Gasteiger partial charge >= 0.3 is 11.8 Å². The van der Waals surface area contributed by atoms with Crippen molar-refractivity contribution in [2.45, 2.75) is 38.0 Å². The van der Waals surface area contributed by atoms with Gasteiger partial charge in [-0.15, -0.1) is 0 Å². The molecule has 1 heterocycles. The van der Waals surface area contributed by atoms with Gasteiger partial charge in [-0.05, 0) is 31.2 Å². The Morgan fingerprint density at radius 3 is 2.64 bits per heavy atom. The Morgan fingerprint density at radius 2 is 1.88 bits per heavy atom. The molecule has 1 saturated carbocycles. The van der Waals surface area contributed by atoms with Crippen LogP contribution in [-0.2, 0) is 9.59 Å². The fraction of sp³-hybridized carbons (Fsp3) is 0.444. The third-order valence-corrected chi connectivity index (χ3v) is 4.72. The molecular weight excluding hydrogens is 328 g/mol. The van der Waals surface area contributed by atoms with Crippen molar-refractivity contribution < 1.29 is 18.4 Å². The maximum atomic E-state index is 13.1. The summed E-state index contributed by atoms with van der Waals surface area (Å²) in [6, 6.07) is 7.44. The van der Waals surface area contributed by atoms with Crippen molar-refractivity contribution in [3.8, 4) is 0 Å². The summed E-state index contributed by atoms with van der Waals surface area (Å²) < 4.78 is 26.2. The SMILES string of the molecule is O=C(NCCC1CCC(F)(F)CC1)C(=O)Nc1c[nH]c2ccccc12. The fourth-order valence-corrected chi connectivity index (χ4v) is 3.21. The van der Waals surface area contributed by atoms with Gasteiger partial charge in [-0.25, -0.2) is 8.78 Å². The maximum absolute atomic E-state index is 13.1. The Bertz CT molecular complexity index is 763. The normalized spacial score (nSPS) is 17.4. The second-order valence-corrected chi connectivity index (χ2v) is 6.55. The van der Waals surface area contributed by atoms with Crippen molar-refractivity contribution in [3.05, 3.63) is 30.5 Å². The van der Waals surface area contributed by atoms with E-state index in [1.165, 1.54) is 0 Å². The van der Waals surface area contributed by atoms with Crippen LogP contribution in [0.15, 0.2) is 30.5 Å². The number of para-hydroxylation sites is 1. The highest BCUT2D eigenvalue weighted by molar-refractivity contribution is 6.40. The summed E-state index contributed by atoms with van der Waals surface area (Å²) in [5.74, 6) is -3.82. The number of carbonyl (C=O) groups is 2. The number of amides is 2. The lowest BCUT2D eigenvalue weighted by atomic mass is 9.85. The lowest BCUT2D eigenvalue weighted by Crippen LogP contribution is -2.36. The smallest absolute Gasteiger partial charge is 0.313 e. The monoisotopic (exact) mass is 349 g/mol. The van der Waals surface area contributed by atoms with E-state index in [0.29, 0.717) is 31.5 Å². The molecule has 0 aliphatic heterocycles. The highest BCUT2D eigenvalue weighted by atomic mass is 19.3. The number of hydrogen-bond donors (Lipinski definition) is 3. The van der Waals surface area contributed by atoms with Gasteiger partial charge < -0.3 is 15.6 Å². The molecule has 1 aromatic heterocycles. The number of fused-ring (bicyclic) bond motifs is 1. The van der Waals surface area contributed by atoms with Crippen LogP contribution in [0.4, 0.5) is 14.5 Å². The average Bonchev–Trinajstić information content (AvgIpc) is 2.99. The van der Waals surface area contributed by atoms with Gasteiger partial charge in [0.25, 0.3) is 0 Å². The number of aromatic nitrogens is 1. The highest BCUT2D eigenvalue weighted by Crippen LogP contribution is 2.37. The van der Waals surface area contributed by atoms with E-state index in [1.54, 1.807) is 6.20 Å². The van der Waals surface area contributed by atoms with E-state index in [2.05, 4.69) is 15.6 Å². The van der Waals surface area contributed by atoms with Crippen LogP contribution in [0.5, 0.6) is 0 Å². The first-order valence-corrected chi connectivity index (χ1v) is 8.48. The molecule has 0 radical (unpaired) electrons. The van der Waals surface area contributed by atoms with Crippen LogP contribution in [-0.4, -0.2) is 29.3 Å². The van der Waals surface area contributed by atoms with Gasteiger partial charge in [0.15, 0.2) is 0 Å². The van der Waals surface area contributed by atoms with Gasteiger partial charge in [0.2, 0.25) is 5.92 Å². The van der Waals surface area contributed by atoms with Crippen LogP contribution in [0.3, 0.4) is 0 Å². The molecule has 1 fully saturated rings. The zero-order chi connectivity index (χ0) is 17.9. The molecule has 1 aliphatic carbocycles. The van der Waals surface area contributed by atoms with Gasteiger partial charge in [-0.3, -0.25) is 9.59 Å². The van der Waals surface area contributed by atoms with Crippen LogP contribution in [0.25, 0.3) is 10.9 Å². The van der Waals surface area contributed by atoms with Gasteiger partial charge in [-0.2, -0.15) is 0 Å².